The van der Waals surface area contributed by atoms with Crippen molar-refractivity contribution in [2.45, 2.75) is 52.0 Å². The molecule has 5 heteroatoms. The van der Waals surface area contributed by atoms with Gasteiger partial charge in [0, 0.05) is 25.9 Å². The molecule has 2 heterocycles. The second-order valence-electron chi connectivity index (χ2n) is 5.85. The molecule has 0 aliphatic carbocycles. The minimum atomic E-state index is -0.0324. The Morgan fingerprint density at radius 2 is 2.17 bits per heavy atom. The van der Waals surface area contributed by atoms with Gasteiger partial charge in [-0.2, -0.15) is 5.10 Å². The topological polar surface area (TPSA) is 51.0 Å². The van der Waals surface area contributed by atoms with E-state index in [1.807, 2.05) is 9.58 Å². The van der Waals surface area contributed by atoms with Crippen LogP contribution in [-0.4, -0.2) is 38.7 Å². The minimum Gasteiger partial charge on any atom is -0.343 e. The maximum atomic E-state index is 11.5. The van der Waals surface area contributed by atoms with Gasteiger partial charge in [0.25, 0.3) is 0 Å². The van der Waals surface area contributed by atoms with E-state index in [9.17, 15) is 4.79 Å². The maximum absolute atomic E-state index is 11.5. The molecule has 0 atom stereocenters. The molecular formula is C13H22N4O. The smallest absolute Gasteiger partial charge is 0.222 e. The van der Waals surface area contributed by atoms with Crippen LogP contribution in [0.5, 0.6) is 0 Å². The number of likely N-dealkylation sites (tertiary alicyclic amines) is 1. The van der Waals surface area contributed by atoms with Gasteiger partial charge in [-0.1, -0.05) is 0 Å². The molecule has 1 aliphatic rings. The summed E-state index contributed by atoms with van der Waals surface area (Å²) in [5.74, 6) is 1.31. The van der Waals surface area contributed by atoms with Crippen LogP contribution in [0.2, 0.25) is 0 Å². The first-order chi connectivity index (χ1) is 8.48. The lowest BCUT2D eigenvalue weighted by atomic mass is 10.1. The number of aromatic nitrogens is 3. The Labute approximate surface area is 108 Å². The molecule has 0 radical (unpaired) electrons. The van der Waals surface area contributed by atoms with Crippen LogP contribution in [-0.2, 0) is 16.8 Å². The average Bonchev–Trinajstić information content (AvgIpc) is 2.87. The zero-order chi connectivity index (χ0) is 13.2. The van der Waals surface area contributed by atoms with E-state index in [2.05, 4.69) is 30.9 Å². The highest BCUT2D eigenvalue weighted by Crippen LogP contribution is 2.16. The van der Waals surface area contributed by atoms with Crippen molar-refractivity contribution in [3.8, 4) is 0 Å². The Bertz CT molecular complexity index is 419. The fraction of sp³-hybridized carbons (Fsp3) is 0.769. The standard InChI is InChI=1S/C13H22N4O/c1-13(2,3)17-11(14-10-15-17)6-4-8-16-9-5-7-12(16)18/h10H,4-9H2,1-3H3. The lowest BCUT2D eigenvalue weighted by Crippen LogP contribution is -2.28. The highest BCUT2D eigenvalue weighted by atomic mass is 16.2. The van der Waals surface area contributed by atoms with Gasteiger partial charge >= 0.3 is 0 Å². The molecule has 0 unspecified atom stereocenters. The Hall–Kier alpha value is -1.39. The van der Waals surface area contributed by atoms with Gasteiger partial charge < -0.3 is 4.90 Å². The lowest BCUT2D eigenvalue weighted by Gasteiger charge is -2.21. The fourth-order valence-corrected chi connectivity index (χ4v) is 2.36. The number of nitrogens with zero attached hydrogens (tertiary/aromatic N) is 4. The van der Waals surface area contributed by atoms with Gasteiger partial charge in [0.2, 0.25) is 5.91 Å². The number of amides is 1. The summed E-state index contributed by atoms with van der Waals surface area (Å²) in [6.45, 7) is 8.13. The molecule has 1 aromatic heterocycles. The normalized spacial score (nSPS) is 16.6. The molecule has 0 bridgehead atoms. The molecule has 0 aromatic carbocycles. The zero-order valence-electron chi connectivity index (χ0n) is 11.5. The van der Waals surface area contributed by atoms with Crippen LogP contribution in [0.3, 0.4) is 0 Å². The van der Waals surface area contributed by atoms with Crippen LogP contribution in [0.25, 0.3) is 0 Å². The summed E-state index contributed by atoms with van der Waals surface area (Å²) in [6, 6.07) is 0. The van der Waals surface area contributed by atoms with E-state index in [1.54, 1.807) is 6.33 Å². The molecule has 1 saturated heterocycles. The summed E-state index contributed by atoms with van der Waals surface area (Å²) in [5.41, 5.74) is -0.0324. The zero-order valence-corrected chi connectivity index (χ0v) is 11.5. The van der Waals surface area contributed by atoms with Crippen molar-refractivity contribution in [2.75, 3.05) is 13.1 Å². The van der Waals surface area contributed by atoms with Crippen molar-refractivity contribution in [1.29, 1.82) is 0 Å². The number of hydrogen-bond donors (Lipinski definition) is 0. The second kappa shape index (κ2) is 5.08. The molecule has 100 valence electrons. The molecule has 18 heavy (non-hydrogen) atoms. The van der Waals surface area contributed by atoms with Crippen molar-refractivity contribution >= 4 is 5.91 Å². The largest absolute Gasteiger partial charge is 0.343 e. The van der Waals surface area contributed by atoms with E-state index in [1.165, 1.54) is 0 Å². The van der Waals surface area contributed by atoms with Crippen molar-refractivity contribution in [3.05, 3.63) is 12.2 Å². The number of carbonyl (C=O) groups is 1. The van der Waals surface area contributed by atoms with Gasteiger partial charge in [-0.25, -0.2) is 9.67 Å². The molecule has 0 saturated carbocycles. The van der Waals surface area contributed by atoms with Crippen LogP contribution in [0.15, 0.2) is 6.33 Å². The van der Waals surface area contributed by atoms with Crippen LogP contribution in [0, 0.1) is 0 Å². The van der Waals surface area contributed by atoms with Gasteiger partial charge in [-0.15, -0.1) is 0 Å². The van der Waals surface area contributed by atoms with E-state index in [4.69, 9.17) is 0 Å². The van der Waals surface area contributed by atoms with Gasteiger partial charge in [-0.3, -0.25) is 4.79 Å². The average molecular weight is 250 g/mol. The van der Waals surface area contributed by atoms with Crippen molar-refractivity contribution in [2.24, 2.45) is 0 Å². The number of aryl methyl sites for hydroxylation is 1. The molecule has 0 spiro atoms. The van der Waals surface area contributed by atoms with E-state index in [0.717, 1.165) is 44.6 Å². The predicted molar refractivity (Wildman–Crippen MR) is 69.2 cm³/mol. The highest BCUT2D eigenvalue weighted by Gasteiger charge is 2.21. The summed E-state index contributed by atoms with van der Waals surface area (Å²) in [5, 5.41) is 4.28. The molecule has 1 amide bonds. The van der Waals surface area contributed by atoms with E-state index in [0.29, 0.717) is 5.91 Å². The second-order valence-corrected chi connectivity index (χ2v) is 5.85. The Morgan fingerprint density at radius 1 is 1.39 bits per heavy atom. The fourth-order valence-electron chi connectivity index (χ4n) is 2.36. The first-order valence-electron chi connectivity index (χ1n) is 6.65. The Morgan fingerprint density at radius 3 is 2.78 bits per heavy atom. The number of hydrogen-bond acceptors (Lipinski definition) is 3. The molecule has 1 aromatic rings. The van der Waals surface area contributed by atoms with E-state index >= 15 is 0 Å². The molecular weight excluding hydrogens is 228 g/mol. The summed E-state index contributed by atoms with van der Waals surface area (Å²) in [4.78, 5) is 17.8. The Kier molecular flexibility index (Phi) is 3.68. The summed E-state index contributed by atoms with van der Waals surface area (Å²) in [6.07, 6.45) is 5.18. The maximum Gasteiger partial charge on any atom is 0.222 e. The molecule has 1 fully saturated rings. The minimum absolute atomic E-state index is 0.0324. The SMILES string of the molecule is CC(C)(C)n1ncnc1CCCN1CCCC1=O. The molecule has 2 rings (SSSR count). The Balaban J connectivity index is 1.87. The van der Waals surface area contributed by atoms with Crippen molar-refractivity contribution in [3.63, 3.8) is 0 Å². The van der Waals surface area contributed by atoms with Crippen LogP contribution in [0.4, 0.5) is 0 Å². The van der Waals surface area contributed by atoms with Gasteiger partial charge in [0.1, 0.15) is 12.2 Å². The van der Waals surface area contributed by atoms with Crippen molar-refractivity contribution < 1.29 is 4.79 Å². The van der Waals surface area contributed by atoms with Gasteiger partial charge in [0.15, 0.2) is 0 Å². The monoisotopic (exact) mass is 250 g/mol. The quantitative estimate of drug-likeness (QED) is 0.815. The third kappa shape index (κ3) is 2.89. The molecule has 5 nitrogen and oxygen atoms in total. The van der Waals surface area contributed by atoms with Gasteiger partial charge in [-0.05, 0) is 33.6 Å². The van der Waals surface area contributed by atoms with Crippen molar-refractivity contribution in [1.82, 2.24) is 19.7 Å². The van der Waals surface area contributed by atoms with Gasteiger partial charge in [0.05, 0.1) is 5.54 Å². The van der Waals surface area contributed by atoms with E-state index < -0.39 is 0 Å². The predicted octanol–water partition coefficient (Wildman–Crippen LogP) is 1.59. The third-order valence-electron chi connectivity index (χ3n) is 3.25. The lowest BCUT2D eigenvalue weighted by molar-refractivity contribution is -0.127. The van der Waals surface area contributed by atoms with Crippen LogP contribution >= 0.6 is 0 Å². The molecule has 1 aliphatic heterocycles. The van der Waals surface area contributed by atoms with Crippen LogP contribution in [0.1, 0.15) is 45.9 Å². The first kappa shape index (κ1) is 13.1. The summed E-state index contributed by atoms with van der Waals surface area (Å²) < 4.78 is 1.97. The van der Waals surface area contributed by atoms with E-state index in [-0.39, 0.29) is 5.54 Å². The third-order valence-corrected chi connectivity index (χ3v) is 3.25. The first-order valence-corrected chi connectivity index (χ1v) is 6.65. The number of carbonyl (C=O) groups excluding carboxylic acids is 1. The summed E-state index contributed by atoms with van der Waals surface area (Å²) >= 11 is 0. The molecule has 0 N–H and O–H groups in total. The highest BCUT2D eigenvalue weighted by molar-refractivity contribution is 5.77. The number of rotatable bonds is 4. The van der Waals surface area contributed by atoms with Crippen LogP contribution < -0.4 is 0 Å². The summed E-state index contributed by atoms with van der Waals surface area (Å²) in [7, 11) is 0.